The Bertz CT molecular complexity index is 938. The van der Waals surface area contributed by atoms with Gasteiger partial charge in [-0.25, -0.2) is 9.97 Å². The summed E-state index contributed by atoms with van der Waals surface area (Å²) in [7, 11) is 1.63. The first-order valence-corrected chi connectivity index (χ1v) is 7.87. The number of anilines is 3. The fraction of sp³-hybridized carbons (Fsp3) is 0.105. The van der Waals surface area contributed by atoms with Crippen LogP contribution < -0.4 is 15.4 Å². The Morgan fingerprint density at radius 3 is 2.72 bits per heavy atom. The number of carbonyl (C=O) groups excluding carboxylic acids is 1. The summed E-state index contributed by atoms with van der Waals surface area (Å²) in [4.78, 5) is 20.2. The van der Waals surface area contributed by atoms with Gasteiger partial charge in [0.2, 0.25) is 11.9 Å². The van der Waals surface area contributed by atoms with Crippen molar-refractivity contribution in [3.63, 3.8) is 0 Å². The third kappa shape index (κ3) is 3.14. The standard InChI is InChI=1S/C19H16N4O2/c1-25-16-4-2-3-15(9-16)22-19-20-10-14(11-21-19)12-5-6-13-8-18(24)23-17(13)7-12/h2-7,9-11H,8H2,1H3,(H,23,24)(H,20,21,22). The van der Waals surface area contributed by atoms with Gasteiger partial charge in [0, 0.05) is 35.4 Å². The molecule has 0 saturated heterocycles. The summed E-state index contributed by atoms with van der Waals surface area (Å²) in [5.74, 6) is 1.30. The molecule has 2 heterocycles. The zero-order valence-corrected chi connectivity index (χ0v) is 13.6. The van der Waals surface area contributed by atoms with Crippen LogP contribution in [0.1, 0.15) is 5.56 Å². The summed E-state index contributed by atoms with van der Waals surface area (Å²) in [6, 6.07) is 13.5. The molecule has 0 unspecified atom stereocenters. The average Bonchev–Trinajstić information content (AvgIpc) is 3.01. The fourth-order valence-electron chi connectivity index (χ4n) is 2.77. The lowest BCUT2D eigenvalue weighted by atomic mass is 10.1. The van der Waals surface area contributed by atoms with Gasteiger partial charge in [0.1, 0.15) is 5.75 Å². The van der Waals surface area contributed by atoms with Crippen LogP contribution in [0.3, 0.4) is 0 Å². The largest absolute Gasteiger partial charge is 0.497 e. The van der Waals surface area contributed by atoms with E-state index in [0.29, 0.717) is 12.4 Å². The smallest absolute Gasteiger partial charge is 0.228 e. The van der Waals surface area contributed by atoms with Crippen molar-refractivity contribution in [2.24, 2.45) is 0 Å². The van der Waals surface area contributed by atoms with Crippen LogP contribution in [-0.4, -0.2) is 23.0 Å². The molecule has 0 atom stereocenters. The van der Waals surface area contributed by atoms with Gasteiger partial charge < -0.3 is 15.4 Å². The lowest BCUT2D eigenvalue weighted by Crippen LogP contribution is -2.03. The highest BCUT2D eigenvalue weighted by atomic mass is 16.5. The van der Waals surface area contributed by atoms with Crippen molar-refractivity contribution in [3.8, 4) is 16.9 Å². The Labute approximate surface area is 144 Å². The number of benzene rings is 2. The van der Waals surface area contributed by atoms with Crippen LogP contribution in [0.5, 0.6) is 5.75 Å². The molecular formula is C19H16N4O2. The summed E-state index contributed by atoms with van der Waals surface area (Å²) in [5, 5.41) is 6.00. The zero-order valence-electron chi connectivity index (χ0n) is 13.6. The third-order valence-electron chi connectivity index (χ3n) is 4.05. The van der Waals surface area contributed by atoms with Crippen LogP contribution >= 0.6 is 0 Å². The molecule has 1 amide bonds. The lowest BCUT2D eigenvalue weighted by molar-refractivity contribution is -0.115. The summed E-state index contributed by atoms with van der Waals surface area (Å²) in [6.07, 6.45) is 3.96. The molecule has 1 aliphatic heterocycles. The number of rotatable bonds is 4. The summed E-state index contributed by atoms with van der Waals surface area (Å²) in [6.45, 7) is 0. The first-order chi connectivity index (χ1) is 12.2. The number of methoxy groups -OCH3 is 1. The van der Waals surface area contributed by atoms with Crippen LogP contribution in [0.2, 0.25) is 0 Å². The molecule has 124 valence electrons. The van der Waals surface area contributed by atoms with E-state index >= 15 is 0 Å². The number of nitrogens with zero attached hydrogens (tertiary/aromatic N) is 2. The van der Waals surface area contributed by atoms with Gasteiger partial charge in [-0.15, -0.1) is 0 Å². The molecule has 2 aromatic carbocycles. The Morgan fingerprint density at radius 1 is 1.08 bits per heavy atom. The zero-order chi connectivity index (χ0) is 17.2. The minimum absolute atomic E-state index is 0.0289. The molecular weight excluding hydrogens is 316 g/mol. The van der Waals surface area contributed by atoms with E-state index in [9.17, 15) is 4.79 Å². The van der Waals surface area contributed by atoms with Crippen LogP contribution in [0.4, 0.5) is 17.3 Å². The first-order valence-electron chi connectivity index (χ1n) is 7.87. The van der Waals surface area contributed by atoms with E-state index in [1.165, 1.54) is 0 Å². The van der Waals surface area contributed by atoms with Crippen molar-refractivity contribution in [3.05, 3.63) is 60.4 Å². The topological polar surface area (TPSA) is 76.1 Å². The van der Waals surface area contributed by atoms with E-state index in [4.69, 9.17) is 4.74 Å². The maximum atomic E-state index is 11.5. The monoisotopic (exact) mass is 332 g/mol. The molecule has 25 heavy (non-hydrogen) atoms. The normalized spacial score (nSPS) is 12.4. The molecule has 0 bridgehead atoms. The van der Waals surface area contributed by atoms with Crippen molar-refractivity contribution in [2.75, 3.05) is 17.7 Å². The number of aromatic nitrogens is 2. The fourth-order valence-corrected chi connectivity index (χ4v) is 2.77. The highest BCUT2D eigenvalue weighted by Crippen LogP contribution is 2.29. The number of carbonyl (C=O) groups is 1. The van der Waals surface area contributed by atoms with E-state index in [2.05, 4.69) is 20.6 Å². The van der Waals surface area contributed by atoms with E-state index in [0.717, 1.165) is 33.8 Å². The van der Waals surface area contributed by atoms with Crippen molar-refractivity contribution in [1.29, 1.82) is 0 Å². The van der Waals surface area contributed by atoms with E-state index in [1.54, 1.807) is 19.5 Å². The minimum atomic E-state index is 0.0289. The molecule has 4 rings (SSSR count). The summed E-state index contributed by atoms with van der Waals surface area (Å²) < 4.78 is 5.20. The van der Waals surface area contributed by atoms with Crippen LogP contribution in [0.15, 0.2) is 54.9 Å². The quantitative estimate of drug-likeness (QED) is 0.766. The van der Waals surface area contributed by atoms with Crippen LogP contribution in [-0.2, 0) is 11.2 Å². The van der Waals surface area contributed by atoms with Gasteiger partial charge in [0.25, 0.3) is 0 Å². The second-order valence-electron chi connectivity index (χ2n) is 5.75. The van der Waals surface area contributed by atoms with Crippen molar-refractivity contribution >= 4 is 23.2 Å². The van der Waals surface area contributed by atoms with Crippen molar-refractivity contribution in [1.82, 2.24) is 9.97 Å². The van der Waals surface area contributed by atoms with Gasteiger partial charge in [0.05, 0.1) is 13.5 Å². The van der Waals surface area contributed by atoms with Crippen molar-refractivity contribution in [2.45, 2.75) is 6.42 Å². The molecule has 0 aliphatic carbocycles. The molecule has 1 aliphatic rings. The van der Waals surface area contributed by atoms with Gasteiger partial charge in [-0.3, -0.25) is 4.79 Å². The van der Waals surface area contributed by atoms with E-state index in [1.807, 2.05) is 42.5 Å². The second-order valence-corrected chi connectivity index (χ2v) is 5.75. The minimum Gasteiger partial charge on any atom is -0.497 e. The average molecular weight is 332 g/mol. The highest BCUT2D eigenvalue weighted by molar-refractivity contribution is 5.99. The van der Waals surface area contributed by atoms with Gasteiger partial charge in [-0.2, -0.15) is 0 Å². The predicted molar refractivity (Wildman–Crippen MR) is 96.1 cm³/mol. The number of hydrogen-bond donors (Lipinski definition) is 2. The number of ether oxygens (including phenoxy) is 1. The number of nitrogens with one attached hydrogen (secondary N) is 2. The number of amides is 1. The number of fused-ring (bicyclic) bond motifs is 1. The molecule has 2 N–H and O–H groups in total. The Hall–Kier alpha value is -3.41. The van der Waals surface area contributed by atoms with E-state index < -0.39 is 0 Å². The third-order valence-corrected chi connectivity index (χ3v) is 4.05. The Morgan fingerprint density at radius 2 is 1.92 bits per heavy atom. The SMILES string of the molecule is COc1cccc(Nc2ncc(-c3ccc4c(c3)NC(=O)C4)cn2)c1. The summed E-state index contributed by atoms with van der Waals surface area (Å²) in [5.41, 5.74) is 4.59. The van der Waals surface area contributed by atoms with Crippen LogP contribution in [0, 0.1) is 0 Å². The highest BCUT2D eigenvalue weighted by Gasteiger charge is 2.17. The Balaban J connectivity index is 1.54. The van der Waals surface area contributed by atoms with Gasteiger partial charge in [-0.1, -0.05) is 18.2 Å². The molecule has 0 radical (unpaired) electrons. The second kappa shape index (κ2) is 6.24. The van der Waals surface area contributed by atoms with Gasteiger partial charge in [0.15, 0.2) is 0 Å². The number of hydrogen-bond acceptors (Lipinski definition) is 5. The molecule has 3 aromatic rings. The molecule has 0 spiro atoms. The first kappa shape index (κ1) is 15.1. The molecule has 0 saturated carbocycles. The maximum Gasteiger partial charge on any atom is 0.228 e. The molecule has 6 nitrogen and oxygen atoms in total. The maximum absolute atomic E-state index is 11.5. The lowest BCUT2D eigenvalue weighted by Gasteiger charge is -2.08. The van der Waals surface area contributed by atoms with Crippen LogP contribution in [0.25, 0.3) is 11.1 Å². The Kier molecular flexibility index (Phi) is 3.78. The molecule has 6 heteroatoms. The molecule has 1 aromatic heterocycles. The summed E-state index contributed by atoms with van der Waals surface area (Å²) >= 11 is 0. The predicted octanol–water partition coefficient (Wildman–Crippen LogP) is 3.39. The van der Waals surface area contributed by atoms with Gasteiger partial charge in [-0.05, 0) is 29.3 Å². The van der Waals surface area contributed by atoms with E-state index in [-0.39, 0.29) is 5.91 Å². The van der Waals surface area contributed by atoms with Crippen molar-refractivity contribution < 1.29 is 9.53 Å². The molecule has 0 fully saturated rings. The van der Waals surface area contributed by atoms with Gasteiger partial charge >= 0.3 is 0 Å².